The largest absolute Gasteiger partial charge is 0.459 e. The van der Waals surface area contributed by atoms with Gasteiger partial charge in [0.25, 0.3) is 11.8 Å². The molecule has 0 spiro atoms. The Hall–Kier alpha value is -3.15. The Morgan fingerprint density at radius 1 is 0.935 bits per heavy atom. The molecule has 1 aliphatic heterocycles. The fourth-order valence-corrected chi connectivity index (χ4v) is 3.52. The molecule has 0 bridgehead atoms. The summed E-state index contributed by atoms with van der Waals surface area (Å²) in [6, 6.07) is 13.6. The second-order valence-corrected chi connectivity index (χ2v) is 8.37. The number of ether oxygens (including phenoxy) is 1. The number of carbonyl (C=O) groups is 3. The van der Waals surface area contributed by atoms with Gasteiger partial charge in [-0.3, -0.25) is 9.59 Å². The van der Waals surface area contributed by atoms with Crippen molar-refractivity contribution in [3.05, 3.63) is 70.8 Å². The summed E-state index contributed by atoms with van der Waals surface area (Å²) in [6.07, 6.45) is 2.11. The van der Waals surface area contributed by atoms with Crippen LogP contribution in [0.4, 0.5) is 0 Å². The Morgan fingerprint density at radius 2 is 1.52 bits per heavy atom. The number of nitrogens with one attached hydrogen (secondary N) is 1. The van der Waals surface area contributed by atoms with Gasteiger partial charge in [-0.15, -0.1) is 0 Å². The molecule has 6 nitrogen and oxygen atoms in total. The fourth-order valence-electron chi connectivity index (χ4n) is 3.52. The average molecular weight is 423 g/mol. The number of likely N-dealkylation sites (tertiary alicyclic amines) is 1. The standard InChI is InChI=1S/C25H30N2O4/c1-17(2)22(26-23(28)20-10-6-18(3)7-11-20)25(30)31-16-19-8-12-21(13-9-19)24(29)27-14-4-5-15-27/h6-13,17,22H,4-5,14-16H2,1-3H3,(H,26,28)/t22-/m0/s1. The number of hydrogen-bond donors (Lipinski definition) is 1. The molecule has 0 radical (unpaired) electrons. The Labute approximate surface area is 183 Å². The van der Waals surface area contributed by atoms with E-state index in [4.69, 9.17) is 4.74 Å². The van der Waals surface area contributed by atoms with Gasteiger partial charge in [0.15, 0.2) is 0 Å². The van der Waals surface area contributed by atoms with E-state index in [1.807, 2.05) is 37.8 Å². The van der Waals surface area contributed by atoms with Gasteiger partial charge in [-0.25, -0.2) is 4.79 Å². The number of rotatable bonds is 7. The molecule has 0 aromatic heterocycles. The van der Waals surface area contributed by atoms with Crippen molar-refractivity contribution >= 4 is 17.8 Å². The van der Waals surface area contributed by atoms with Gasteiger partial charge in [-0.05, 0) is 55.5 Å². The topological polar surface area (TPSA) is 75.7 Å². The van der Waals surface area contributed by atoms with Crippen LogP contribution in [-0.2, 0) is 16.1 Å². The van der Waals surface area contributed by atoms with E-state index in [9.17, 15) is 14.4 Å². The van der Waals surface area contributed by atoms with Crippen LogP contribution in [0.25, 0.3) is 0 Å². The molecule has 2 aromatic rings. The maximum Gasteiger partial charge on any atom is 0.329 e. The molecule has 6 heteroatoms. The van der Waals surface area contributed by atoms with Gasteiger partial charge in [0.2, 0.25) is 0 Å². The van der Waals surface area contributed by atoms with Crippen LogP contribution in [0.1, 0.15) is 58.5 Å². The van der Waals surface area contributed by atoms with Gasteiger partial charge >= 0.3 is 5.97 Å². The highest BCUT2D eigenvalue weighted by Gasteiger charge is 2.26. The molecule has 2 aromatic carbocycles. The summed E-state index contributed by atoms with van der Waals surface area (Å²) in [5.41, 5.74) is 2.99. The van der Waals surface area contributed by atoms with Crippen molar-refractivity contribution in [1.82, 2.24) is 10.2 Å². The molecule has 0 aliphatic carbocycles. The van der Waals surface area contributed by atoms with E-state index >= 15 is 0 Å². The van der Waals surface area contributed by atoms with E-state index in [0.717, 1.165) is 37.1 Å². The summed E-state index contributed by atoms with van der Waals surface area (Å²) in [7, 11) is 0. The van der Waals surface area contributed by atoms with Gasteiger partial charge < -0.3 is 15.0 Å². The molecule has 1 atom stereocenters. The van der Waals surface area contributed by atoms with Crippen LogP contribution in [0.15, 0.2) is 48.5 Å². The van der Waals surface area contributed by atoms with Crippen molar-refractivity contribution in [2.45, 2.75) is 46.3 Å². The van der Waals surface area contributed by atoms with Gasteiger partial charge in [-0.2, -0.15) is 0 Å². The molecule has 0 saturated carbocycles. The predicted octanol–water partition coefficient (Wildman–Crippen LogP) is 3.73. The van der Waals surface area contributed by atoms with Crippen LogP contribution in [0.5, 0.6) is 0 Å². The van der Waals surface area contributed by atoms with Gasteiger partial charge in [0.1, 0.15) is 12.6 Å². The molecule has 3 rings (SSSR count). The van der Waals surface area contributed by atoms with E-state index in [-0.39, 0.29) is 24.3 Å². The lowest BCUT2D eigenvalue weighted by molar-refractivity contribution is -0.148. The summed E-state index contributed by atoms with van der Waals surface area (Å²) in [6.45, 7) is 7.37. The first-order chi connectivity index (χ1) is 14.8. The summed E-state index contributed by atoms with van der Waals surface area (Å²) < 4.78 is 5.46. The van der Waals surface area contributed by atoms with Gasteiger partial charge in [0.05, 0.1) is 0 Å². The van der Waals surface area contributed by atoms with Crippen LogP contribution in [-0.4, -0.2) is 41.8 Å². The fraction of sp³-hybridized carbons (Fsp3) is 0.400. The summed E-state index contributed by atoms with van der Waals surface area (Å²) in [5, 5.41) is 2.78. The van der Waals surface area contributed by atoms with Crippen molar-refractivity contribution in [3.63, 3.8) is 0 Å². The lowest BCUT2D eigenvalue weighted by atomic mass is 10.0. The Kier molecular flexibility index (Phi) is 7.45. The zero-order chi connectivity index (χ0) is 22.4. The van der Waals surface area contributed by atoms with Crippen LogP contribution >= 0.6 is 0 Å². The molecule has 31 heavy (non-hydrogen) atoms. The number of esters is 1. The minimum atomic E-state index is -0.746. The van der Waals surface area contributed by atoms with Gasteiger partial charge in [0, 0.05) is 24.2 Å². The van der Waals surface area contributed by atoms with Crippen molar-refractivity contribution in [2.75, 3.05) is 13.1 Å². The second kappa shape index (κ2) is 10.2. The summed E-state index contributed by atoms with van der Waals surface area (Å²) in [5.74, 6) is -0.866. The van der Waals surface area contributed by atoms with Crippen molar-refractivity contribution in [1.29, 1.82) is 0 Å². The third kappa shape index (κ3) is 5.94. The monoisotopic (exact) mass is 422 g/mol. The van der Waals surface area contributed by atoms with E-state index in [0.29, 0.717) is 11.1 Å². The molecule has 164 valence electrons. The molecule has 1 saturated heterocycles. The van der Waals surface area contributed by atoms with Crippen molar-refractivity contribution in [2.24, 2.45) is 5.92 Å². The SMILES string of the molecule is Cc1ccc(C(=O)N[C@H](C(=O)OCc2ccc(C(=O)N3CCCC3)cc2)C(C)C)cc1. The third-order valence-electron chi connectivity index (χ3n) is 5.50. The minimum absolute atomic E-state index is 0.0414. The Bertz CT molecular complexity index is 914. The van der Waals surface area contributed by atoms with E-state index < -0.39 is 12.0 Å². The Morgan fingerprint density at radius 3 is 2.10 bits per heavy atom. The number of carbonyl (C=O) groups excluding carboxylic acids is 3. The first-order valence-electron chi connectivity index (χ1n) is 10.8. The van der Waals surface area contributed by atoms with Crippen molar-refractivity contribution in [3.8, 4) is 0 Å². The zero-order valence-corrected chi connectivity index (χ0v) is 18.4. The maximum absolute atomic E-state index is 12.6. The molecular weight excluding hydrogens is 392 g/mol. The molecule has 1 N–H and O–H groups in total. The normalized spacial score (nSPS) is 14.4. The number of nitrogens with zero attached hydrogens (tertiary/aromatic N) is 1. The second-order valence-electron chi connectivity index (χ2n) is 8.37. The lowest BCUT2D eigenvalue weighted by Crippen LogP contribution is -2.45. The number of benzene rings is 2. The van der Waals surface area contributed by atoms with E-state index in [1.165, 1.54) is 0 Å². The molecule has 0 unspecified atom stereocenters. The van der Waals surface area contributed by atoms with Crippen LogP contribution < -0.4 is 5.32 Å². The first kappa shape index (κ1) is 22.5. The lowest BCUT2D eigenvalue weighted by Gasteiger charge is -2.21. The molecular formula is C25H30N2O4. The number of hydrogen-bond acceptors (Lipinski definition) is 4. The van der Waals surface area contributed by atoms with E-state index in [2.05, 4.69) is 5.32 Å². The highest BCUT2D eigenvalue weighted by molar-refractivity contribution is 5.97. The predicted molar refractivity (Wildman–Crippen MR) is 119 cm³/mol. The first-order valence-corrected chi connectivity index (χ1v) is 10.8. The Balaban J connectivity index is 1.56. The smallest absolute Gasteiger partial charge is 0.329 e. The third-order valence-corrected chi connectivity index (χ3v) is 5.50. The average Bonchev–Trinajstić information content (AvgIpc) is 3.30. The van der Waals surface area contributed by atoms with Crippen molar-refractivity contribution < 1.29 is 19.1 Å². The number of aryl methyl sites for hydroxylation is 1. The van der Waals surface area contributed by atoms with Gasteiger partial charge in [-0.1, -0.05) is 43.7 Å². The number of amides is 2. The van der Waals surface area contributed by atoms with Crippen LogP contribution in [0.3, 0.4) is 0 Å². The molecule has 1 aliphatic rings. The highest BCUT2D eigenvalue weighted by Crippen LogP contribution is 2.15. The van der Waals surface area contributed by atoms with E-state index in [1.54, 1.807) is 36.4 Å². The minimum Gasteiger partial charge on any atom is -0.459 e. The summed E-state index contributed by atoms with van der Waals surface area (Å²) >= 11 is 0. The molecule has 1 heterocycles. The zero-order valence-electron chi connectivity index (χ0n) is 18.4. The van der Waals surface area contributed by atoms with Crippen LogP contribution in [0.2, 0.25) is 0 Å². The van der Waals surface area contributed by atoms with Crippen LogP contribution in [0, 0.1) is 12.8 Å². The summed E-state index contributed by atoms with van der Waals surface area (Å²) in [4.78, 5) is 39.4. The quantitative estimate of drug-likeness (QED) is 0.690. The maximum atomic E-state index is 12.6. The molecule has 1 fully saturated rings. The molecule has 2 amide bonds. The highest BCUT2D eigenvalue weighted by atomic mass is 16.5.